The van der Waals surface area contributed by atoms with Crippen molar-refractivity contribution in [1.82, 2.24) is 4.98 Å². The van der Waals surface area contributed by atoms with Crippen LogP contribution in [0.25, 0.3) is 0 Å². The SMILES string of the molecule is CC(=O)Nc1ccc(NC(=O)c2ccc(N3c4ccccc4CC3C)nc2)cc1. The van der Waals surface area contributed by atoms with E-state index in [1.54, 1.807) is 36.5 Å². The topological polar surface area (TPSA) is 74.3 Å². The molecule has 0 saturated carbocycles. The molecule has 1 atom stereocenters. The molecule has 0 spiro atoms. The lowest BCUT2D eigenvalue weighted by Gasteiger charge is -2.23. The second-order valence-corrected chi connectivity index (χ2v) is 7.17. The van der Waals surface area contributed by atoms with Crippen LogP contribution < -0.4 is 15.5 Å². The van der Waals surface area contributed by atoms with Gasteiger partial charge in [-0.15, -0.1) is 0 Å². The fourth-order valence-electron chi connectivity index (χ4n) is 3.62. The number of benzene rings is 2. The first kappa shape index (κ1) is 18.7. The number of amides is 2. The molecule has 1 aliphatic heterocycles. The predicted molar refractivity (Wildman–Crippen MR) is 115 cm³/mol. The number of aromatic nitrogens is 1. The van der Waals surface area contributed by atoms with Gasteiger partial charge in [-0.05, 0) is 61.4 Å². The molecule has 6 nitrogen and oxygen atoms in total. The highest BCUT2D eigenvalue weighted by atomic mass is 16.2. The van der Waals surface area contributed by atoms with E-state index in [1.165, 1.54) is 18.2 Å². The number of nitrogens with one attached hydrogen (secondary N) is 2. The van der Waals surface area contributed by atoms with E-state index in [2.05, 4.69) is 45.6 Å². The highest BCUT2D eigenvalue weighted by molar-refractivity contribution is 6.04. The van der Waals surface area contributed by atoms with Crippen LogP contribution in [-0.2, 0) is 11.2 Å². The fourth-order valence-corrected chi connectivity index (χ4v) is 3.62. The number of carbonyl (C=O) groups excluding carboxylic acids is 2. The van der Waals surface area contributed by atoms with E-state index in [9.17, 15) is 9.59 Å². The van der Waals surface area contributed by atoms with Gasteiger partial charge in [0.2, 0.25) is 5.91 Å². The van der Waals surface area contributed by atoms with E-state index in [4.69, 9.17) is 0 Å². The predicted octanol–water partition coefficient (Wildman–Crippen LogP) is 4.38. The maximum Gasteiger partial charge on any atom is 0.257 e. The third-order valence-corrected chi connectivity index (χ3v) is 4.93. The van der Waals surface area contributed by atoms with Crippen LogP contribution >= 0.6 is 0 Å². The van der Waals surface area contributed by atoms with E-state index in [0.29, 0.717) is 23.0 Å². The molecule has 146 valence electrons. The van der Waals surface area contributed by atoms with Crippen LogP contribution in [0.2, 0.25) is 0 Å². The minimum atomic E-state index is -0.230. The standard InChI is InChI=1S/C23H22N4O2/c1-15-13-17-5-3-4-6-21(17)27(15)22-12-7-18(14-24-22)23(29)26-20-10-8-19(9-11-20)25-16(2)28/h3-12,14-15H,13H2,1-2H3,(H,25,28)(H,26,29). The zero-order valence-corrected chi connectivity index (χ0v) is 16.3. The number of rotatable bonds is 4. The number of carbonyl (C=O) groups is 2. The zero-order chi connectivity index (χ0) is 20.4. The largest absolute Gasteiger partial charge is 0.326 e. The average molecular weight is 386 g/mol. The minimum absolute atomic E-state index is 0.136. The van der Waals surface area contributed by atoms with E-state index < -0.39 is 0 Å². The lowest BCUT2D eigenvalue weighted by molar-refractivity contribution is -0.114. The molecule has 4 rings (SSSR count). The van der Waals surface area contributed by atoms with Crippen molar-refractivity contribution in [3.8, 4) is 0 Å². The summed E-state index contributed by atoms with van der Waals surface area (Å²) in [4.78, 5) is 30.4. The Kier molecular flexibility index (Phi) is 4.99. The molecule has 1 aromatic heterocycles. The number of nitrogens with zero attached hydrogens (tertiary/aromatic N) is 2. The molecule has 0 bridgehead atoms. The van der Waals surface area contributed by atoms with Crippen LogP contribution in [0.1, 0.15) is 29.8 Å². The Bertz CT molecular complexity index is 1050. The molecule has 2 aromatic carbocycles. The quantitative estimate of drug-likeness (QED) is 0.698. The number of fused-ring (bicyclic) bond motifs is 1. The second kappa shape index (κ2) is 7.75. The molecule has 6 heteroatoms. The van der Waals surface area contributed by atoms with Gasteiger partial charge in [0.25, 0.3) is 5.91 Å². The smallest absolute Gasteiger partial charge is 0.257 e. The van der Waals surface area contributed by atoms with Crippen LogP contribution in [-0.4, -0.2) is 22.8 Å². The molecule has 1 unspecified atom stereocenters. The summed E-state index contributed by atoms with van der Waals surface area (Å²) in [5.74, 6) is 0.466. The normalized spacial score (nSPS) is 15.0. The van der Waals surface area contributed by atoms with Gasteiger partial charge in [0.1, 0.15) is 5.82 Å². The monoisotopic (exact) mass is 386 g/mol. The van der Waals surface area contributed by atoms with Crippen LogP contribution in [0.15, 0.2) is 66.9 Å². The first-order chi connectivity index (χ1) is 14.0. The Morgan fingerprint density at radius 3 is 2.31 bits per heavy atom. The lowest BCUT2D eigenvalue weighted by Crippen LogP contribution is -2.25. The number of hydrogen-bond acceptors (Lipinski definition) is 4. The molecule has 29 heavy (non-hydrogen) atoms. The summed E-state index contributed by atoms with van der Waals surface area (Å²) in [5, 5.41) is 5.54. The Balaban J connectivity index is 1.47. The highest BCUT2D eigenvalue weighted by Gasteiger charge is 2.27. The molecule has 2 amide bonds. The number of para-hydroxylation sites is 1. The molecule has 3 aromatic rings. The summed E-state index contributed by atoms with van der Waals surface area (Å²) >= 11 is 0. The first-order valence-electron chi connectivity index (χ1n) is 9.53. The molecule has 0 fully saturated rings. The van der Waals surface area contributed by atoms with Crippen molar-refractivity contribution in [1.29, 1.82) is 0 Å². The van der Waals surface area contributed by atoms with Gasteiger partial charge in [-0.3, -0.25) is 9.59 Å². The summed E-state index contributed by atoms with van der Waals surface area (Å²) in [7, 11) is 0. The van der Waals surface area contributed by atoms with Crippen LogP contribution in [0.3, 0.4) is 0 Å². The van der Waals surface area contributed by atoms with Gasteiger partial charge in [0, 0.05) is 36.2 Å². The molecule has 1 aliphatic rings. The van der Waals surface area contributed by atoms with Crippen molar-refractivity contribution >= 4 is 34.7 Å². The summed E-state index contributed by atoms with van der Waals surface area (Å²) in [5.41, 5.74) is 4.30. The summed E-state index contributed by atoms with van der Waals surface area (Å²) in [6, 6.07) is 19.3. The first-order valence-corrected chi connectivity index (χ1v) is 9.53. The van der Waals surface area contributed by atoms with Gasteiger partial charge in [-0.1, -0.05) is 18.2 Å². The fraction of sp³-hybridized carbons (Fsp3) is 0.174. The maximum atomic E-state index is 12.5. The van der Waals surface area contributed by atoms with Crippen molar-refractivity contribution in [2.45, 2.75) is 26.3 Å². The summed E-state index contributed by atoms with van der Waals surface area (Å²) in [6.07, 6.45) is 2.58. The van der Waals surface area contributed by atoms with Gasteiger partial charge in [-0.25, -0.2) is 4.98 Å². The molecule has 0 radical (unpaired) electrons. The van der Waals surface area contributed by atoms with Gasteiger partial charge in [0.05, 0.1) is 5.56 Å². The summed E-state index contributed by atoms with van der Waals surface area (Å²) < 4.78 is 0. The molecule has 2 heterocycles. The summed E-state index contributed by atoms with van der Waals surface area (Å²) in [6.45, 7) is 3.63. The van der Waals surface area contributed by atoms with Gasteiger partial charge < -0.3 is 15.5 Å². The van der Waals surface area contributed by atoms with Gasteiger partial charge >= 0.3 is 0 Å². The van der Waals surface area contributed by atoms with Gasteiger partial charge in [0.15, 0.2) is 0 Å². The lowest BCUT2D eigenvalue weighted by atomic mass is 10.1. The Morgan fingerprint density at radius 2 is 1.66 bits per heavy atom. The number of pyridine rings is 1. The van der Waals surface area contributed by atoms with Crippen molar-refractivity contribution in [2.24, 2.45) is 0 Å². The Morgan fingerprint density at radius 1 is 0.966 bits per heavy atom. The number of hydrogen-bond donors (Lipinski definition) is 2. The number of anilines is 4. The van der Waals surface area contributed by atoms with Crippen LogP contribution in [0, 0.1) is 0 Å². The third kappa shape index (κ3) is 3.96. The van der Waals surface area contributed by atoms with Crippen LogP contribution in [0.4, 0.5) is 22.9 Å². The van der Waals surface area contributed by atoms with E-state index >= 15 is 0 Å². The third-order valence-electron chi connectivity index (χ3n) is 4.93. The molecular formula is C23H22N4O2. The van der Waals surface area contributed by atoms with Crippen molar-refractivity contribution < 1.29 is 9.59 Å². The van der Waals surface area contributed by atoms with E-state index in [0.717, 1.165) is 12.2 Å². The van der Waals surface area contributed by atoms with E-state index in [-0.39, 0.29) is 11.8 Å². The second-order valence-electron chi connectivity index (χ2n) is 7.17. The molecule has 0 saturated heterocycles. The minimum Gasteiger partial charge on any atom is -0.326 e. The Labute approximate surface area is 169 Å². The molecule has 2 N–H and O–H groups in total. The molecule has 0 aliphatic carbocycles. The van der Waals surface area contributed by atoms with Crippen molar-refractivity contribution in [3.05, 3.63) is 78.0 Å². The average Bonchev–Trinajstić information content (AvgIpc) is 3.05. The van der Waals surface area contributed by atoms with Crippen LogP contribution in [0.5, 0.6) is 0 Å². The van der Waals surface area contributed by atoms with E-state index in [1.807, 2.05) is 12.1 Å². The maximum absolute atomic E-state index is 12.5. The van der Waals surface area contributed by atoms with Crippen molar-refractivity contribution in [3.63, 3.8) is 0 Å². The highest BCUT2D eigenvalue weighted by Crippen LogP contribution is 2.36. The zero-order valence-electron chi connectivity index (χ0n) is 16.3. The molecular weight excluding hydrogens is 364 g/mol. The van der Waals surface area contributed by atoms with Crippen molar-refractivity contribution in [2.75, 3.05) is 15.5 Å². The Hall–Kier alpha value is -3.67. The van der Waals surface area contributed by atoms with Gasteiger partial charge in [-0.2, -0.15) is 0 Å².